The number of anilines is 2. The van der Waals surface area contributed by atoms with Gasteiger partial charge in [0.1, 0.15) is 11.0 Å². The number of nitro benzene ring substituents is 1. The van der Waals surface area contributed by atoms with Gasteiger partial charge in [0.15, 0.2) is 6.61 Å². The van der Waals surface area contributed by atoms with E-state index < -0.39 is 52.3 Å². The van der Waals surface area contributed by atoms with Gasteiger partial charge in [0.2, 0.25) is 11.8 Å². The van der Waals surface area contributed by atoms with Crippen LogP contribution < -0.4 is 19.8 Å². The van der Waals surface area contributed by atoms with E-state index in [0.29, 0.717) is 31.7 Å². The second-order valence-corrected chi connectivity index (χ2v) is 13.0. The van der Waals surface area contributed by atoms with Crippen LogP contribution >= 0.6 is 34.7 Å². The largest absolute Gasteiger partial charge is 0.483 e. The van der Waals surface area contributed by atoms with Crippen molar-refractivity contribution in [2.24, 2.45) is 5.92 Å². The molecule has 2 aliphatic heterocycles. The molecule has 47 heavy (non-hydrogen) atoms. The van der Waals surface area contributed by atoms with E-state index in [2.05, 4.69) is 10.3 Å². The van der Waals surface area contributed by atoms with Gasteiger partial charge in [0.05, 0.1) is 33.7 Å². The van der Waals surface area contributed by atoms with Crippen molar-refractivity contribution in [1.29, 1.82) is 0 Å². The SMILES string of the molecule is CCOC(=O)c1ccc(NC(=O)COc2ccc(Cl)cc2[C@@H]2c3sc(=O)[nH]c3S[C@H]3C(=O)N(c4ccc([N+](=O)[O-])cc4)C(=O)[C@@H]23)cc1. The molecule has 0 saturated carbocycles. The number of H-pyrrole nitrogens is 1. The maximum Gasteiger partial charge on any atom is 0.338 e. The van der Waals surface area contributed by atoms with E-state index in [9.17, 15) is 34.1 Å². The number of carbonyl (C=O) groups is 4. The van der Waals surface area contributed by atoms with Gasteiger partial charge in [-0.3, -0.25) is 29.3 Å². The molecule has 1 aromatic heterocycles. The highest BCUT2D eigenvalue weighted by Gasteiger charge is 2.57. The number of non-ortho nitro benzene ring substituents is 1. The molecule has 0 bridgehead atoms. The van der Waals surface area contributed by atoms with Gasteiger partial charge >= 0.3 is 10.8 Å². The van der Waals surface area contributed by atoms with E-state index in [0.717, 1.165) is 28.0 Å². The standard InChI is InChI=1S/C31H23ClN4O9S2/c1-2-44-30(40)15-3-6-17(7-4-15)33-22(37)14-45-21-12-5-16(32)13-20(21)23-24-26(46-27-25(23)47-31(41)34-27)29(39)35(28(24)38)18-8-10-19(11-9-18)36(42)43/h3-13,23-24,26H,2,14H2,1H3,(H,33,37)(H,34,41)/t23-,24-,26+/m0/s1. The van der Waals surface area contributed by atoms with Gasteiger partial charge in [0, 0.05) is 39.2 Å². The van der Waals surface area contributed by atoms with Crippen molar-refractivity contribution in [2.75, 3.05) is 23.4 Å². The highest BCUT2D eigenvalue weighted by Crippen LogP contribution is 2.54. The van der Waals surface area contributed by atoms with Crippen LogP contribution in [0.5, 0.6) is 5.75 Å². The van der Waals surface area contributed by atoms with Crippen molar-refractivity contribution in [1.82, 2.24) is 4.98 Å². The average molecular weight is 695 g/mol. The first-order valence-electron chi connectivity index (χ1n) is 14.1. The highest BCUT2D eigenvalue weighted by atomic mass is 35.5. The molecule has 2 aliphatic rings. The molecule has 13 nitrogen and oxygen atoms in total. The van der Waals surface area contributed by atoms with Crippen molar-refractivity contribution >= 4 is 75.5 Å². The Morgan fingerprint density at radius 3 is 2.45 bits per heavy atom. The number of hydrogen-bond acceptors (Lipinski definition) is 11. The Labute approximate surface area is 279 Å². The summed E-state index contributed by atoms with van der Waals surface area (Å²) < 4.78 is 10.9. The lowest BCUT2D eigenvalue weighted by atomic mass is 9.82. The molecule has 16 heteroatoms. The van der Waals surface area contributed by atoms with Gasteiger partial charge in [-0.2, -0.15) is 0 Å². The lowest BCUT2D eigenvalue weighted by molar-refractivity contribution is -0.384. The maximum atomic E-state index is 14.0. The molecule has 2 N–H and O–H groups in total. The smallest absolute Gasteiger partial charge is 0.338 e. The minimum Gasteiger partial charge on any atom is -0.483 e. The second-order valence-electron chi connectivity index (χ2n) is 10.4. The van der Waals surface area contributed by atoms with Crippen molar-refractivity contribution in [3.63, 3.8) is 0 Å². The second kappa shape index (κ2) is 13.0. The number of thioether (sulfide) groups is 1. The molecule has 3 amide bonds. The number of rotatable bonds is 9. The highest BCUT2D eigenvalue weighted by molar-refractivity contribution is 8.00. The number of benzene rings is 3. The zero-order valence-corrected chi connectivity index (χ0v) is 26.6. The molecule has 1 fully saturated rings. The summed E-state index contributed by atoms with van der Waals surface area (Å²) in [4.78, 5) is 79.5. The predicted molar refractivity (Wildman–Crippen MR) is 173 cm³/mol. The third-order valence-electron chi connectivity index (χ3n) is 7.49. The number of aromatic nitrogens is 1. The summed E-state index contributed by atoms with van der Waals surface area (Å²) in [5, 5.41) is 13.6. The normalized spacial score (nSPS) is 18.3. The molecule has 1 saturated heterocycles. The summed E-state index contributed by atoms with van der Waals surface area (Å²) in [7, 11) is 0. The first-order valence-corrected chi connectivity index (χ1v) is 16.1. The Kier molecular flexibility index (Phi) is 8.86. The Bertz CT molecular complexity index is 1980. The van der Waals surface area contributed by atoms with Gasteiger partial charge in [-0.25, -0.2) is 9.69 Å². The van der Waals surface area contributed by atoms with Crippen molar-refractivity contribution in [3.05, 3.63) is 108 Å². The number of carbonyl (C=O) groups excluding carboxylic acids is 4. The number of imide groups is 1. The Morgan fingerprint density at radius 1 is 1.04 bits per heavy atom. The van der Waals surface area contributed by atoms with E-state index in [1.807, 2.05) is 0 Å². The van der Waals surface area contributed by atoms with Crippen molar-refractivity contribution < 1.29 is 33.6 Å². The molecule has 3 atom stereocenters. The number of nitrogens with zero attached hydrogens (tertiary/aromatic N) is 2. The van der Waals surface area contributed by atoms with Crippen LogP contribution in [0.4, 0.5) is 17.1 Å². The quantitative estimate of drug-likeness (QED) is 0.105. The fourth-order valence-corrected chi connectivity index (χ4v) is 8.15. The number of ether oxygens (including phenoxy) is 2. The summed E-state index contributed by atoms with van der Waals surface area (Å²) in [6, 6.07) is 15.9. The number of esters is 1. The molecule has 4 aromatic rings. The zero-order chi connectivity index (χ0) is 33.4. The third-order valence-corrected chi connectivity index (χ3v) is 10.1. The molecular weight excluding hydrogens is 672 g/mol. The number of halogens is 1. The number of amides is 3. The van der Waals surface area contributed by atoms with Crippen LogP contribution in [0.15, 0.2) is 76.6 Å². The van der Waals surface area contributed by atoms with Crippen LogP contribution in [-0.2, 0) is 19.1 Å². The Morgan fingerprint density at radius 2 is 1.77 bits per heavy atom. The topological polar surface area (TPSA) is 178 Å². The third kappa shape index (κ3) is 6.24. The van der Waals surface area contributed by atoms with Crippen LogP contribution in [0.1, 0.15) is 33.6 Å². The number of fused-ring (bicyclic) bond motifs is 2. The van der Waals surface area contributed by atoms with Crippen LogP contribution in [-0.4, -0.2) is 52.1 Å². The molecule has 0 radical (unpaired) electrons. The van der Waals surface area contributed by atoms with E-state index in [-0.39, 0.29) is 28.6 Å². The molecular formula is C31H23ClN4O9S2. The lowest BCUT2D eigenvalue weighted by Gasteiger charge is -2.31. The fraction of sp³-hybridized carbons (Fsp3) is 0.194. The van der Waals surface area contributed by atoms with Gasteiger partial charge in [-0.1, -0.05) is 34.7 Å². The summed E-state index contributed by atoms with van der Waals surface area (Å²) in [5.41, 5.74) is 1.11. The molecule has 0 spiro atoms. The van der Waals surface area contributed by atoms with Crippen LogP contribution in [0.2, 0.25) is 5.02 Å². The summed E-state index contributed by atoms with van der Waals surface area (Å²) in [5.74, 6) is -3.75. The molecule has 3 heterocycles. The van der Waals surface area contributed by atoms with Crippen molar-refractivity contribution in [2.45, 2.75) is 23.1 Å². The van der Waals surface area contributed by atoms with E-state index in [1.165, 1.54) is 36.4 Å². The predicted octanol–water partition coefficient (Wildman–Crippen LogP) is 4.99. The fourth-order valence-electron chi connectivity index (χ4n) is 5.47. The van der Waals surface area contributed by atoms with Gasteiger partial charge in [-0.05, 0) is 61.5 Å². The van der Waals surface area contributed by atoms with Gasteiger partial charge in [0.25, 0.3) is 11.6 Å². The number of hydrogen-bond donors (Lipinski definition) is 2. The van der Waals surface area contributed by atoms with Gasteiger partial charge < -0.3 is 19.8 Å². The summed E-state index contributed by atoms with van der Waals surface area (Å²) >= 11 is 8.37. The summed E-state index contributed by atoms with van der Waals surface area (Å²) in [6.07, 6.45) is 0. The van der Waals surface area contributed by atoms with Crippen LogP contribution in [0.25, 0.3) is 0 Å². The van der Waals surface area contributed by atoms with Gasteiger partial charge in [-0.15, -0.1) is 0 Å². The van der Waals surface area contributed by atoms with E-state index in [4.69, 9.17) is 21.1 Å². The minimum absolute atomic E-state index is 0.172. The number of nitrogens with one attached hydrogen (secondary N) is 2. The lowest BCUT2D eigenvalue weighted by Crippen LogP contribution is -2.32. The molecule has 0 unspecified atom stereocenters. The monoisotopic (exact) mass is 694 g/mol. The first kappa shape index (κ1) is 32.0. The van der Waals surface area contributed by atoms with E-state index >= 15 is 0 Å². The average Bonchev–Trinajstić information content (AvgIpc) is 3.54. The maximum absolute atomic E-state index is 14.0. The molecule has 0 aliphatic carbocycles. The Balaban J connectivity index is 1.29. The van der Waals surface area contributed by atoms with Crippen LogP contribution in [0.3, 0.4) is 0 Å². The Hall–Kier alpha value is -4.99. The number of aromatic amines is 1. The minimum atomic E-state index is -0.991. The zero-order valence-electron chi connectivity index (χ0n) is 24.3. The molecule has 3 aromatic carbocycles. The molecule has 6 rings (SSSR count). The number of thiazole rings is 1. The van der Waals surface area contributed by atoms with E-state index in [1.54, 1.807) is 37.3 Å². The molecule has 240 valence electrons. The number of nitro groups is 1. The van der Waals surface area contributed by atoms with Crippen LogP contribution in [0, 0.1) is 16.0 Å². The first-order chi connectivity index (χ1) is 22.5. The summed E-state index contributed by atoms with van der Waals surface area (Å²) in [6.45, 7) is 1.49. The van der Waals surface area contributed by atoms with Crippen molar-refractivity contribution in [3.8, 4) is 5.75 Å².